The van der Waals surface area contributed by atoms with E-state index in [1.807, 2.05) is 0 Å². The zero-order valence-electron chi connectivity index (χ0n) is 6.32. The molecule has 3 nitrogen and oxygen atoms in total. The summed E-state index contributed by atoms with van der Waals surface area (Å²) in [6.45, 7) is 0.628. The third-order valence-electron chi connectivity index (χ3n) is 1.48. The molecule has 0 bridgehead atoms. The average molecular weight is 183 g/mol. The summed E-state index contributed by atoms with van der Waals surface area (Å²) in [4.78, 5) is 10.4. The molecule has 4 heteroatoms. The van der Waals surface area contributed by atoms with Crippen molar-refractivity contribution in [1.82, 2.24) is 4.72 Å². The Morgan fingerprint density at radius 3 is 2.42 bits per heavy atom. The predicted octanol–water partition coefficient (Wildman–Crippen LogP) is 1.32. The van der Waals surface area contributed by atoms with Crippen LogP contribution in [0.4, 0.5) is 0 Å². The number of carboxylic acid groups (broad SMARTS) is 1. The Balaban J connectivity index is 2.78. The standard InChI is InChI=1S/C8H9NO2S/c10-8(11)7-3-1-6(2-4-7)5-9-12/h1-4,9,12H,5H2,(H,10,11). The van der Waals surface area contributed by atoms with Crippen LogP contribution in [0.2, 0.25) is 0 Å². The SMILES string of the molecule is O=C(O)c1ccc(CNS)cc1. The second kappa shape index (κ2) is 4.13. The number of carbonyl (C=O) groups is 1. The van der Waals surface area contributed by atoms with Gasteiger partial charge in [-0.05, 0) is 17.7 Å². The van der Waals surface area contributed by atoms with Crippen molar-refractivity contribution in [2.45, 2.75) is 6.54 Å². The maximum Gasteiger partial charge on any atom is 0.335 e. The average Bonchev–Trinajstić information content (AvgIpc) is 2.06. The lowest BCUT2D eigenvalue weighted by Crippen LogP contribution is -2.00. The summed E-state index contributed by atoms with van der Waals surface area (Å²) in [7, 11) is 0. The van der Waals surface area contributed by atoms with Gasteiger partial charge in [0.05, 0.1) is 5.56 Å². The van der Waals surface area contributed by atoms with Crippen LogP contribution in [-0.2, 0) is 6.54 Å². The molecule has 64 valence electrons. The number of benzene rings is 1. The molecule has 0 aliphatic rings. The van der Waals surface area contributed by atoms with Gasteiger partial charge in [-0.25, -0.2) is 4.79 Å². The highest BCUT2D eigenvalue weighted by molar-refractivity contribution is 7.78. The van der Waals surface area contributed by atoms with Crippen molar-refractivity contribution in [3.8, 4) is 0 Å². The van der Waals surface area contributed by atoms with E-state index in [2.05, 4.69) is 17.5 Å². The molecule has 0 aromatic heterocycles. The van der Waals surface area contributed by atoms with E-state index < -0.39 is 5.97 Å². The molecular formula is C8H9NO2S. The minimum atomic E-state index is -0.902. The Morgan fingerprint density at radius 2 is 2.00 bits per heavy atom. The molecule has 2 N–H and O–H groups in total. The highest BCUT2D eigenvalue weighted by Gasteiger charge is 2.00. The van der Waals surface area contributed by atoms with Crippen LogP contribution < -0.4 is 4.72 Å². The van der Waals surface area contributed by atoms with Gasteiger partial charge in [0.15, 0.2) is 0 Å². The van der Waals surface area contributed by atoms with Crippen LogP contribution in [0.1, 0.15) is 15.9 Å². The molecule has 0 saturated heterocycles. The van der Waals surface area contributed by atoms with Gasteiger partial charge in [0.1, 0.15) is 0 Å². The van der Waals surface area contributed by atoms with E-state index in [9.17, 15) is 4.79 Å². The smallest absolute Gasteiger partial charge is 0.335 e. The van der Waals surface area contributed by atoms with E-state index in [0.29, 0.717) is 12.1 Å². The Kier molecular flexibility index (Phi) is 3.13. The number of hydrogen-bond donors (Lipinski definition) is 3. The summed E-state index contributed by atoms with van der Waals surface area (Å²) >= 11 is 3.83. The van der Waals surface area contributed by atoms with Gasteiger partial charge in [0, 0.05) is 6.54 Å². The van der Waals surface area contributed by atoms with Crippen LogP contribution in [-0.4, -0.2) is 11.1 Å². The Labute approximate surface area is 76.0 Å². The number of thiol groups is 1. The van der Waals surface area contributed by atoms with Gasteiger partial charge in [-0.2, -0.15) is 0 Å². The Bertz CT molecular complexity index is 271. The summed E-state index contributed by atoms with van der Waals surface area (Å²) in [6.07, 6.45) is 0. The highest BCUT2D eigenvalue weighted by Crippen LogP contribution is 2.03. The minimum absolute atomic E-state index is 0.304. The molecule has 0 atom stereocenters. The number of hydrogen-bond acceptors (Lipinski definition) is 3. The normalized spacial score (nSPS) is 9.75. The van der Waals surface area contributed by atoms with Crippen LogP contribution in [0.5, 0.6) is 0 Å². The molecule has 0 aliphatic heterocycles. The monoisotopic (exact) mass is 183 g/mol. The fourth-order valence-corrected chi connectivity index (χ4v) is 1.04. The van der Waals surface area contributed by atoms with E-state index in [4.69, 9.17) is 5.11 Å². The van der Waals surface area contributed by atoms with E-state index >= 15 is 0 Å². The molecule has 1 rings (SSSR count). The summed E-state index contributed by atoms with van der Waals surface area (Å²) in [5.74, 6) is -0.902. The van der Waals surface area contributed by atoms with E-state index in [-0.39, 0.29) is 0 Å². The van der Waals surface area contributed by atoms with Crippen LogP contribution in [0.25, 0.3) is 0 Å². The maximum absolute atomic E-state index is 10.4. The molecule has 0 unspecified atom stereocenters. The van der Waals surface area contributed by atoms with Crippen LogP contribution in [0, 0.1) is 0 Å². The first-order valence-corrected chi connectivity index (χ1v) is 3.88. The Morgan fingerprint density at radius 1 is 1.42 bits per heavy atom. The fraction of sp³-hybridized carbons (Fsp3) is 0.125. The molecule has 0 heterocycles. The summed E-state index contributed by atoms with van der Waals surface area (Å²) in [6, 6.07) is 6.66. The molecule has 0 amide bonds. The van der Waals surface area contributed by atoms with Gasteiger partial charge in [-0.3, -0.25) is 4.72 Å². The van der Waals surface area contributed by atoms with Gasteiger partial charge in [0.2, 0.25) is 0 Å². The van der Waals surface area contributed by atoms with Crippen molar-refractivity contribution in [2.75, 3.05) is 0 Å². The van der Waals surface area contributed by atoms with Gasteiger partial charge >= 0.3 is 5.97 Å². The fourth-order valence-electron chi connectivity index (χ4n) is 0.856. The van der Waals surface area contributed by atoms with Crippen molar-refractivity contribution in [1.29, 1.82) is 0 Å². The largest absolute Gasteiger partial charge is 0.478 e. The molecule has 1 aromatic rings. The van der Waals surface area contributed by atoms with Gasteiger partial charge in [-0.15, -0.1) is 0 Å². The summed E-state index contributed by atoms with van der Waals surface area (Å²) < 4.78 is 2.68. The topological polar surface area (TPSA) is 49.3 Å². The van der Waals surface area contributed by atoms with Crippen molar-refractivity contribution < 1.29 is 9.90 Å². The maximum atomic E-state index is 10.4. The second-order valence-electron chi connectivity index (χ2n) is 2.34. The number of aromatic carboxylic acids is 1. The molecule has 0 radical (unpaired) electrons. The third-order valence-corrected chi connectivity index (χ3v) is 1.64. The van der Waals surface area contributed by atoms with Gasteiger partial charge in [0.25, 0.3) is 0 Å². The van der Waals surface area contributed by atoms with Crippen molar-refractivity contribution in [2.24, 2.45) is 0 Å². The zero-order chi connectivity index (χ0) is 8.97. The molecular weight excluding hydrogens is 174 g/mol. The first kappa shape index (κ1) is 9.09. The van der Waals surface area contributed by atoms with Gasteiger partial charge < -0.3 is 5.11 Å². The molecule has 0 fully saturated rings. The van der Waals surface area contributed by atoms with E-state index in [0.717, 1.165) is 5.56 Å². The van der Waals surface area contributed by atoms with Crippen LogP contribution >= 0.6 is 12.8 Å². The van der Waals surface area contributed by atoms with Crippen LogP contribution in [0.15, 0.2) is 24.3 Å². The molecule has 12 heavy (non-hydrogen) atoms. The van der Waals surface area contributed by atoms with E-state index in [1.54, 1.807) is 24.3 Å². The number of nitrogens with one attached hydrogen (secondary N) is 1. The third kappa shape index (κ3) is 2.25. The predicted molar refractivity (Wildman–Crippen MR) is 49.2 cm³/mol. The first-order chi connectivity index (χ1) is 5.74. The number of rotatable bonds is 3. The number of carboxylic acids is 1. The van der Waals surface area contributed by atoms with Gasteiger partial charge in [-0.1, -0.05) is 24.9 Å². The molecule has 0 spiro atoms. The molecule has 0 aliphatic carbocycles. The molecule has 1 aromatic carbocycles. The molecule has 0 saturated carbocycles. The van der Waals surface area contributed by atoms with Crippen LogP contribution in [0.3, 0.4) is 0 Å². The minimum Gasteiger partial charge on any atom is -0.478 e. The highest BCUT2D eigenvalue weighted by atomic mass is 32.1. The van der Waals surface area contributed by atoms with Crippen molar-refractivity contribution >= 4 is 18.8 Å². The quantitative estimate of drug-likeness (QED) is 0.619. The summed E-state index contributed by atoms with van der Waals surface area (Å²) in [5.41, 5.74) is 1.31. The van der Waals surface area contributed by atoms with Crippen molar-refractivity contribution in [3.63, 3.8) is 0 Å². The lowest BCUT2D eigenvalue weighted by molar-refractivity contribution is 0.0697. The summed E-state index contributed by atoms with van der Waals surface area (Å²) in [5, 5.41) is 8.57. The zero-order valence-corrected chi connectivity index (χ0v) is 7.21. The lowest BCUT2D eigenvalue weighted by atomic mass is 10.1. The first-order valence-electron chi connectivity index (χ1n) is 3.43. The van der Waals surface area contributed by atoms with E-state index in [1.165, 1.54) is 0 Å². The lowest BCUT2D eigenvalue weighted by Gasteiger charge is -1.98. The Hall–Kier alpha value is -1.00. The second-order valence-corrected chi connectivity index (χ2v) is 2.65. The van der Waals surface area contributed by atoms with Crippen molar-refractivity contribution in [3.05, 3.63) is 35.4 Å².